The summed E-state index contributed by atoms with van der Waals surface area (Å²) in [6.45, 7) is 3.66. The summed E-state index contributed by atoms with van der Waals surface area (Å²) < 4.78 is 32.7. The average molecular weight is 596 g/mol. The predicted octanol–water partition coefficient (Wildman–Crippen LogP) is 4.04. The van der Waals surface area contributed by atoms with Gasteiger partial charge in [-0.05, 0) is 42.7 Å². The summed E-state index contributed by atoms with van der Waals surface area (Å²) in [7, 11) is 1.62. The monoisotopic (exact) mass is 595 g/mol. The number of hydrogen-bond donors (Lipinski definition) is 1. The third-order valence-electron chi connectivity index (χ3n) is 8.03. The first-order chi connectivity index (χ1) is 21.3. The number of nitriles is 1. The Labute approximate surface area is 254 Å². The second-order valence-corrected chi connectivity index (χ2v) is 11.2. The van der Waals surface area contributed by atoms with Crippen LogP contribution in [0.1, 0.15) is 42.3 Å². The van der Waals surface area contributed by atoms with E-state index < -0.39 is 47.2 Å². The van der Waals surface area contributed by atoms with Crippen LogP contribution in [-0.4, -0.2) is 47.4 Å². The second kappa shape index (κ2) is 11.9. The third-order valence-corrected chi connectivity index (χ3v) is 8.03. The van der Waals surface area contributed by atoms with Crippen molar-refractivity contribution in [3.63, 3.8) is 0 Å². The average Bonchev–Trinajstić information content (AvgIpc) is 3.53. The molecule has 2 aliphatic rings. The summed E-state index contributed by atoms with van der Waals surface area (Å²) in [6, 6.07) is 29.6. The van der Waals surface area contributed by atoms with E-state index in [0.717, 1.165) is 22.4 Å². The smallest absolute Gasteiger partial charge is 0.330 e. The molecule has 4 atom stereocenters. The van der Waals surface area contributed by atoms with Gasteiger partial charge in [0.05, 0.1) is 26.2 Å². The third kappa shape index (κ3) is 5.36. The van der Waals surface area contributed by atoms with Crippen LogP contribution >= 0.6 is 0 Å². The molecule has 0 amide bonds. The van der Waals surface area contributed by atoms with Crippen LogP contribution in [-0.2, 0) is 31.0 Å². The van der Waals surface area contributed by atoms with Crippen molar-refractivity contribution in [2.75, 3.05) is 13.7 Å². The highest BCUT2D eigenvalue weighted by atomic mass is 16.8. The Bertz CT molecular complexity index is 1720. The van der Waals surface area contributed by atoms with E-state index >= 15 is 0 Å². The van der Waals surface area contributed by atoms with E-state index in [2.05, 4.69) is 4.98 Å². The SMILES string of the molecule is COc1ccc(C(OC[C@H]2O[C@@H](n3cc(CC#N)c(=O)[nH]c3=O)[C@@H]3OC(C)(C)O[C@@H]32)(c2ccccc2)c2ccccc2)cc1. The molecule has 0 radical (unpaired) electrons. The van der Waals surface area contributed by atoms with E-state index in [9.17, 15) is 14.9 Å². The van der Waals surface area contributed by atoms with Crippen molar-refractivity contribution in [2.45, 2.75) is 56.2 Å². The van der Waals surface area contributed by atoms with Gasteiger partial charge in [0.25, 0.3) is 5.56 Å². The van der Waals surface area contributed by atoms with Crippen molar-refractivity contribution >= 4 is 0 Å². The molecule has 44 heavy (non-hydrogen) atoms. The number of aromatic nitrogens is 2. The maximum absolute atomic E-state index is 13.0. The van der Waals surface area contributed by atoms with Gasteiger partial charge < -0.3 is 23.7 Å². The van der Waals surface area contributed by atoms with Gasteiger partial charge in [-0.2, -0.15) is 5.26 Å². The van der Waals surface area contributed by atoms with Crippen molar-refractivity contribution in [3.05, 3.63) is 134 Å². The van der Waals surface area contributed by atoms with Crippen molar-refractivity contribution in [1.29, 1.82) is 5.26 Å². The molecular formula is C34H33N3O7. The van der Waals surface area contributed by atoms with Gasteiger partial charge >= 0.3 is 5.69 Å². The summed E-state index contributed by atoms with van der Waals surface area (Å²) in [4.78, 5) is 27.6. The highest BCUT2D eigenvalue weighted by Crippen LogP contribution is 2.45. The molecule has 10 heteroatoms. The van der Waals surface area contributed by atoms with E-state index in [0.29, 0.717) is 0 Å². The molecule has 3 aromatic carbocycles. The molecular weight excluding hydrogens is 562 g/mol. The quantitative estimate of drug-likeness (QED) is 0.288. The van der Waals surface area contributed by atoms with E-state index in [4.69, 9.17) is 23.7 Å². The normalized spacial score (nSPS) is 22.3. The molecule has 1 N–H and O–H groups in total. The minimum Gasteiger partial charge on any atom is -0.497 e. The molecule has 1 aromatic heterocycles. The van der Waals surface area contributed by atoms with Gasteiger partial charge in [0.1, 0.15) is 29.7 Å². The number of nitrogens with one attached hydrogen (secondary N) is 1. The number of nitrogens with zero attached hydrogens (tertiary/aromatic N) is 2. The number of ether oxygens (including phenoxy) is 5. The fourth-order valence-corrected chi connectivity index (χ4v) is 6.07. The van der Waals surface area contributed by atoms with Gasteiger partial charge in [-0.3, -0.25) is 14.3 Å². The van der Waals surface area contributed by atoms with E-state index in [1.165, 1.54) is 10.8 Å². The van der Waals surface area contributed by atoms with Gasteiger partial charge in [0.2, 0.25) is 0 Å². The van der Waals surface area contributed by atoms with Crippen molar-refractivity contribution < 1.29 is 23.7 Å². The van der Waals surface area contributed by atoms with Crippen molar-refractivity contribution in [1.82, 2.24) is 9.55 Å². The van der Waals surface area contributed by atoms with Crippen LogP contribution < -0.4 is 16.0 Å². The minimum absolute atomic E-state index is 0.0656. The number of aromatic amines is 1. The maximum atomic E-state index is 13.0. The first-order valence-electron chi connectivity index (χ1n) is 14.4. The number of fused-ring (bicyclic) bond motifs is 1. The maximum Gasteiger partial charge on any atom is 0.330 e. The highest BCUT2D eigenvalue weighted by Gasteiger charge is 2.57. The first kappa shape index (κ1) is 29.5. The van der Waals surface area contributed by atoms with Crippen LogP contribution in [0.15, 0.2) is 101 Å². The fourth-order valence-electron chi connectivity index (χ4n) is 6.07. The lowest BCUT2D eigenvalue weighted by molar-refractivity contribution is -0.205. The van der Waals surface area contributed by atoms with E-state index in [1.807, 2.05) is 91.0 Å². The van der Waals surface area contributed by atoms with Crippen LogP contribution in [0.2, 0.25) is 0 Å². The lowest BCUT2D eigenvalue weighted by Crippen LogP contribution is -2.39. The fraction of sp³-hybridized carbons (Fsp3) is 0.324. The standard InChI is InChI=1S/C34H33N3O7/c1-33(2)43-28-27(42-31(29(28)44-33)37-20-22(18-19-35)30(38)36-32(37)39)21-41-34(23-10-6-4-7-11-23,24-12-8-5-9-13-24)25-14-16-26(40-3)17-15-25/h4-17,20,27-29,31H,18,21H2,1-3H3,(H,36,38,39)/t27-,28-,29-,31-/m1/s1. The molecule has 2 aliphatic heterocycles. The summed E-state index contributed by atoms with van der Waals surface area (Å²) in [6.07, 6.45) is -1.66. The Morgan fingerprint density at radius 3 is 2.09 bits per heavy atom. The zero-order valence-corrected chi connectivity index (χ0v) is 24.6. The van der Waals surface area contributed by atoms with E-state index in [1.54, 1.807) is 21.0 Å². The summed E-state index contributed by atoms with van der Waals surface area (Å²) in [5.41, 5.74) is 0.516. The van der Waals surface area contributed by atoms with Gasteiger partial charge in [0, 0.05) is 11.8 Å². The lowest BCUT2D eigenvalue weighted by atomic mass is 9.80. The van der Waals surface area contributed by atoms with E-state index in [-0.39, 0.29) is 18.6 Å². The molecule has 2 fully saturated rings. The molecule has 2 saturated heterocycles. The number of hydrogen-bond acceptors (Lipinski definition) is 8. The molecule has 6 rings (SSSR count). The predicted molar refractivity (Wildman–Crippen MR) is 160 cm³/mol. The zero-order valence-electron chi connectivity index (χ0n) is 24.6. The van der Waals surface area contributed by atoms with Gasteiger partial charge in [0.15, 0.2) is 12.0 Å². The van der Waals surface area contributed by atoms with Crippen LogP contribution in [0.5, 0.6) is 5.75 Å². The second-order valence-electron chi connectivity index (χ2n) is 11.2. The van der Waals surface area contributed by atoms with Crippen LogP contribution in [0.25, 0.3) is 0 Å². The Hall–Kier alpha value is -4.53. The summed E-state index contributed by atoms with van der Waals surface area (Å²) in [5.74, 6) is -0.238. The lowest BCUT2D eigenvalue weighted by Gasteiger charge is -2.37. The number of methoxy groups -OCH3 is 1. The molecule has 0 spiro atoms. The largest absolute Gasteiger partial charge is 0.497 e. The number of H-pyrrole nitrogens is 1. The Morgan fingerprint density at radius 2 is 1.50 bits per heavy atom. The number of rotatable bonds is 9. The van der Waals surface area contributed by atoms with Crippen molar-refractivity contribution in [3.8, 4) is 11.8 Å². The van der Waals surface area contributed by atoms with Gasteiger partial charge in [-0.1, -0.05) is 72.8 Å². The molecule has 0 unspecified atom stereocenters. The zero-order chi connectivity index (χ0) is 30.9. The Morgan fingerprint density at radius 1 is 0.909 bits per heavy atom. The van der Waals surface area contributed by atoms with Crippen LogP contribution in [0, 0.1) is 11.3 Å². The van der Waals surface area contributed by atoms with Crippen LogP contribution in [0.3, 0.4) is 0 Å². The molecule has 0 saturated carbocycles. The molecule has 226 valence electrons. The first-order valence-corrected chi connectivity index (χ1v) is 14.4. The molecule has 0 bridgehead atoms. The summed E-state index contributed by atoms with van der Waals surface area (Å²) in [5, 5.41) is 9.20. The highest BCUT2D eigenvalue weighted by molar-refractivity contribution is 5.48. The van der Waals surface area contributed by atoms with Gasteiger partial charge in [-0.15, -0.1) is 0 Å². The molecule has 3 heterocycles. The summed E-state index contributed by atoms with van der Waals surface area (Å²) >= 11 is 0. The molecule has 10 nitrogen and oxygen atoms in total. The van der Waals surface area contributed by atoms with Crippen molar-refractivity contribution in [2.24, 2.45) is 0 Å². The Balaban J connectivity index is 1.41. The number of benzene rings is 3. The topological polar surface area (TPSA) is 125 Å². The van der Waals surface area contributed by atoms with Crippen LogP contribution in [0.4, 0.5) is 0 Å². The molecule has 0 aliphatic carbocycles. The molecule has 4 aromatic rings. The minimum atomic E-state index is -1.05. The van der Waals surface area contributed by atoms with Gasteiger partial charge in [-0.25, -0.2) is 4.79 Å². The Kier molecular flexibility index (Phi) is 7.97.